The largest absolute Gasteiger partial charge is 0.507 e. The average Bonchev–Trinajstić information content (AvgIpc) is 3.71. The van der Waals surface area contributed by atoms with Gasteiger partial charge in [-0.1, -0.05) is 81.7 Å². The fourth-order valence-corrected chi connectivity index (χ4v) is 11.5. The van der Waals surface area contributed by atoms with Crippen LogP contribution < -0.4 is 20.5 Å². The number of aromatic hydroxyl groups is 1. The average molecular weight is 1050 g/mol. The second-order valence-corrected chi connectivity index (χ2v) is 21.3. The van der Waals surface area contributed by atoms with Gasteiger partial charge in [0.25, 0.3) is 10.1 Å². The van der Waals surface area contributed by atoms with Crippen LogP contribution in [0.4, 0.5) is 11.4 Å². The quantitative estimate of drug-likeness (QED) is 0.00839. The van der Waals surface area contributed by atoms with E-state index >= 15 is 0 Å². The summed E-state index contributed by atoms with van der Waals surface area (Å²) in [6, 6.07) is 21.4. The van der Waals surface area contributed by atoms with Gasteiger partial charge >= 0.3 is 11.9 Å². The summed E-state index contributed by atoms with van der Waals surface area (Å²) in [5, 5.41) is 46.5. The second-order valence-electron chi connectivity index (χ2n) is 19.1. The van der Waals surface area contributed by atoms with Crippen molar-refractivity contribution in [1.29, 1.82) is 0 Å². The number of amides is 1. The van der Waals surface area contributed by atoms with E-state index in [2.05, 4.69) is 46.4 Å². The Morgan fingerprint density at radius 3 is 2.36 bits per heavy atom. The number of phenolic OH excluding ortho intramolecular Hbond substituents is 1. The molecule has 1 amide bonds. The normalized spacial score (nSPS) is 16.5. The van der Waals surface area contributed by atoms with Crippen molar-refractivity contribution in [1.82, 2.24) is 5.32 Å². The molecule has 8 rings (SSSR count). The molecule has 4 aromatic rings. The predicted octanol–water partition coefficient (Wildman–Crippen LogP) is 10.5. The van der Waals surface area contributed by atoms with E-state index in [1.54, 1.807) is 6.07 Å². The van der Waals surface area contributed by atoms with Crippen LogP contribution in [-0.2, 0) is 41.7 Å². The number of anilines is 2. The van der Waals surface area contributed by atoms with Crippen LogP contribution in [0.15, 0.2) is 140 Å². The third kappa shape index (κ3) is 10.3. The van der Waals surface area contributed by atoms with E-state index < -0.39 is 32.9 Å². The van der Waals surface area contributed by atoms with E-state index in [0.29, 0.717) is 48.0 Å². The van der Waals surface area contributed by atoms with Crippen LogP contribution in [0.2, 0.25) is 0 Å². The third-order valence-electron chi connectivity index (χ3n) is 13.9. The highest BCUT2D eigenvalue weighted by atomic mass is 32.2. The fraction of sp³-hybridized carbons (Fsp3) is 0.273. The number of likely N-dealkylation sites (N-methyl/N-ethyl adjacent to an activating group) is 1. The van der Waals surface area contributed by atoms with Gasteiger partial charge in [0.1, 0.15) is 22.0 Å². The highest BCUT2D eigenvalue weighted by Gasteiger charge is 2.44. The molecule has 1 aliphatic carbocycles. The van der Waals surface area contributed by atoms with Crippen LogP contribution in [0.1, 0.15) is 97.7 Å². The number of carboxylic acids is 2. The summed E-state index contributed by atoms with van der Waals surface area (Å²) in [5.41, 5.74) is 3.32. The molecule has 3 aliphatic heterocycles. The van der Waals surface area contributed by atoms with Crippen LogP contribution in [0.25, 0.3) is 33.4 Å². The molecule has 386 valence electrons. The zero-order valence-electron chi connectivity index (χ0n) is 41.1. The van der Waals surface area contributed by atoms with Gasteiger partial charge in [-0.25, -0.2) is 14.8 Å². The Kier molecular flexibility index (Phi) is 15.3. The zero-order chi connectivity index (χ0) is 53.3. The number of allylic oxidation sites excluding steroid dienone is 5. The molecule has 0 bridgehead atoms. The summed E-state index contributed by atoms with van der Waals surface area (Å²) in [6.07, 6.45) is 11.6. The first-order chi connectivity index (χ1) is 35.2. The molecule has 6 N–H and O–H groups in total. The molecular weight excluding hydrogens is 991 g/mol. The minimum absolute atomic E-state index is 0.0105. The third-order valence-corrected chi connectivity index (χ3v) is 15.4. The van der Waals surface area contributed by atoms with Crippen molar-refractivity contribution in [3.63, 3.8) is 0 Å². The number of nitrogens with one attached hydrogen (secondary N) is 1. The summed E-state index contributed by atoms with van der Waals surface area (Å²) >= 11 is 0.912. The summed E-state index contributed by atoms with van der Waals surface area (Å²) in [7, 11) is -4.62. The zero-order valence-corrected chi connectivity index (χ0v) is 42.8. The number of benzene rings is 5. The van der Waals surface area contributed by atoms with Crippen molar-refractivity contribution in [3.8, 4) is 28.2 Å². The molecule has 4 aliphatic rings. The molecule has 19 heteroatoms. The lowest BCUT2D eigenvalue weighted by Crippen LogP contribution is -2.39. The van der Waals surface area contributed by atoms with Gasteiger partial charge in [0.05, 0.1) is 47.0 Å². The lowest BCUT2D eigenvalue weighted by Gasteiger charge is -2.31. The Morgan fingerprint density at radius 2 is 1.65 bits per heavy atom. The maximum absolute atomic E-state index is 13.4. The summed E-state index contributed by atoms with van der Waals surface area (Å²) in [6.45, 7) is 11.4. The number of phenols is 1. The number of hydrogen-bond acceptors (Lipinski definition) is 14. The van der Waals surface area contributed by atoms with Gasteiger partial charge in [0.15, 0.2) is 5.43 Å². The molecule has 0 spiro atoms. The Morgan fingerprint density at radius 1 is 0.878 bits per heavy atom. The number of rotatable bonds is 19. The van der Waals surface area contributed by atoms with Crippen LogP contribution in [-0.4, -0.2) is 70.5 Å². The number of carbonyl (C=O) groups excluding carboxylic acids is 1. The first-order valence-corrected chi connectivity index (χ1v) is 26.0. The van der Waals surface area contributed by atoms with E-state index in [1.807, 2.05) is 67.3 Å². The Labute approximate surface area is 431 Å². The van der Waals surface area contributed by atoms with E-state index in [4.69, 9.17) is 9.67 Å². The Bertz CT molecular complexity index is 3430. The van der Waals surface area contributed by atoms with Crippen molar-refractivity contribution in [2.45, 2.75) is 93.5 Å². The molecule has 74 heavy (non-hydrogen) atoms. The summed E-state index contributed by atoms with van der Waals surface area (Å²) < 4.78 is 46.9. The highest BCUT2D eigenvalue weighted by molar-refractivity contribution is 7.94. The number of nitrogens with zero attached hydrogens (tertiary/aromatic N) is 2. The van der Waals surface area contributed by atoms with Crippen molar-refractivity contribution in [3.05, 3.63) is 159 Å². The van der Waals surface area contributed by atoms with Crippen LogP contribution >= 0.6 is 12.0 Å². The number of carboxylic acid groups (broad SMARTS) is 2. The standard InChI is InChI=1S/C55H55N3O14S2/c1-6-57-42-25-21-34(73-72-71-66)30-41(42)55(4,5)46(57)16-9-7-10-17-47-54(2,3)40-14-13-15-45(74(67,68)69)50(40)58(47)27-12-8-11-18-48(61)56-31-39-43(60)26-24-37-49(36-23-20-33(59)29-44(36)70-51(37)39)35-22-19-32(52(62)63)28-38(35)53(64)65/h7,9-10,13-17,19-26,28-30,46,60,66H,6,8,11-12,18,27,31H2,1-5H3,(H,56,61)(H,62,63)(H,64,65)(H,67,68,69)/b10-7+,16-9+,47-17+. The van der Waals surface area contributed by atoms with Gasteiger partial charge in [0, 0.05) is 69.2 Å². The molecule has 0 aromatic heterocycles. The predicted molar refractivity (Wildman–Crippen MR) is 280 cm³/mol. The molecule has 4 aromatic carbocycles. The van der Waals surface area contributed by atoms with Gasteiger partial charge in [-0.2, -0.15) is 8.42 Å². The van der Waals surface area contributed by atoms with E-state index in [9.17, 15) is 47.5 Å². The van der Waals surface area contributed by atoms with Gasteiger partial charge in [0.2, 0.25) is 5.91 Å². The number of aromatic carboxylic acids is 2. The van der Waals surface area contributed by atoms with Crippen molar-refractivity contribution in [2.24, 2.45) is 0 Å². The maximum Gasteiger partial charge on any atom is 0.336 e. The molecule has 0 saturated carbocycles. The Hall–Kier alpha value is -7.26. The fourth-order valence-electron chi connectivity index (χ4n) is 10.3. The van der Waals surface area contributed by atoms with Gasteiger partial charge in [-0.15, -0.1) is 4.33 Å². The number of carbonyl (C=O) groups is 3. The number of hydrogen-bond donors (Lipinski definition) is 6. The second kappa shape index (κ2) is 21.3. The molecule has 17 nitrogen and oxygen atoms in total. The van der Waals surface area contributed by atoms with E-state index in [-0.39, 0.29) is 74.6 Å². The highest BCUT2D eigenvalue weighted by Crippen LogP contribution is 2.51. The monoisotopic (exact) mass is 1050 g/mol. The molecule has 3 heterocycles. The van der Waals surface area contributed by atoms with Crippen molar-refractivity contribution >= 4 is 62.4 Å². The number of unbranched alkanes of at least 4 members (excludes halogenated alkanes) is 2. The van der Waals surface area contributed by atoms with Crippen molar-refractivity contribution < 1.29 is 61.7 Å². The first-order valence-electron chi connectivity index (χ1n) is 23.8. The Balaban J connectivity index is 0.976. The SMILES string of the molecule is CCN1c2ccc(SOOO)cc2C(C)(C)C1/C=C/C=C/C=C1/N(CCCCCC(=O)NCc2c(O)ccc3c(-c4ccc(C(=O)O)cc4C(=O)O)c4ccc(=O)cc-4oc23)c2c(cccc2S(=O)(=O)O)C1(C)C. The summed E-state index contributed by atoms with van der Waals surface area (Å²) in [5.74, 6) is -3.21. The molecule has 1 unspecified atom stereocenters. The van der Waals surface area contributed by atoms with Gasteiger partial charge < -0.3 is 34.9 Å². The molecule has 1 atom stereocenters. The topological polar surface area (TPSA) is 254 Å². The lowest BCUT2D eigenvalue weighted by molar-refractivity contribution is -0.432. The minimum atomic E-state index is -4.62. The van der Waals surface area contributed by atoms with Crippen LogP contribution in [0.5, 0.6) is 5.75 Å². The number of fused-ring (bicyclic) bond motifs is 4. The maximum atomic E-state index is 13.4. The minimum Gasteiger partial charge on any atom is -0.507 e. The van der Waals surface area contributed by atoms with Gasteiger partial charge in [-0.3, -0.25) is 14.1 Å². The van der Waals surface area contributed by atoms with E-state index in [0.717, 1.165) is 52.1 Å². The number of para-hydroxylation sites is 1. The van der Waals surface area contributed by atoms with E-state index in [1.165, 1.54) is 48.5 Å². The molecular formula is C55H55N3O14S2. The lowest BCUT2D eigenvalue weighted by atomic mass is 9.80. The molecule has 0 radical (unpaired) electrons. The summed E-state index contributed by atoms with van der Waals surface area (Å²) in [4.78, 5) is 55.0. The first kappa shape index (κ1) is 53.0. The smallest absolute Gasteiger partial charge is 0.336 e. The van der Waals surface area contributed by atoms with Crippen molar-refractivity contribution in [2.75, 3.05) is 22.9 Å². The van der Waals surface area contributed by atoms with Gasteiger partial charge in [-0.05, 0) is 103 Å². The van der Waals surface area contributed by atoms with Crippen LogP contribution in [0.3, 0.4) is 0 Å². The van der Waals surface area contributed by atoms with Crippen LogP contribution in [0, 0.1) is 0 Å². The molecule has 0 saturated heterocycles. The molecule has 0 fully saturated rings.